The van der Waals surface area contributed by atoms with E-state index < -0.39 is 0 Å². The van der Waals surface area contributed by atoms with E-state index in [2.05, 4.69) is 269 Å². The van der Waals surface area contributed by atoms with Crippen molar-refractivity contribution < 1.29 is 0 Å². The van der Waals surface area contributed by atoms with Crippen molar-refractivity contribution in [1.82, 2.24) is 9.13 Å². The van der Waals surface area contributed by atoms with E-state index >= 15 is 0 Å². The summed E-state index contributed by atoms with van der Waals surface area (Å²) in [4.78, 5) is 4.73. The molecule has 4 heteroatoms. The maximum absolute atomic E-state index is 2.52. The van der Waals surface area contributed by atoms with Gasteiger partial charge in [-0.1, -0.05) is 140 Å². The van der Waals surface area contributed by atoms with Crippen LogP contribution in [0.5, 0.6) is 0 Å². The summed E-state index contributed by atoms with van der Waals surface area (Å²) in [6.45, 7) is 4.31. The largest absolute Gasteiger partial charge is 0.333 e. The predicted octanol–water partition coefficient (Wildman–Crippen LogP) is 16.7. The second-order valence-electron chi connectivity index (χ2n) is 16.5. The Labute approximate surface area is 375 Å². The van der Waals surface area contributed by atoms with Crippen LogP contribution in [-0.2, 0) is 0 Å². The lowest BCUT2D eigenvalue weighted by Crippen LogP contribution is -2.11. The Hall–Kier alpha value is -8.08. The molecule has 11 rings (SSSR count). The smallest absolute Gasteiger partial charge is 0.0560 e. The van der Waals surface area contributed by atoms with Gasteiger partial charge in [-0.05, 0) is 134 Å². The number of nitrogens with zero attached hydrogens (tertiary/aromatic N) is 4. The predicted molar refractivity (Wildman–Crippen MR) is 272 cm³/mol. The van der Waals surface area contributed by atoms with Crippen LogP contribution < -0.4 is 9.80 Å². The molecule has 8 aromatic carbocycles. The van der Waals surface area contributed by atoms with E-state index in [9.17, 15) is 0 Å². The fourth-order valence-electron chi connectivity index (χ4n) is 9.71. The van der Waals surface area contributed by atoms with Crippen molar-refractivity contribution in [3.63, 3.8) is 0 Å². The van der Waals surface area contributed by atoms with Gasteiger partial charge in [0.2, 0.25) is 0 Å². The molecule has 0 fully saturated rings. The van der Waals surface area contributed by atoms with Gasteiger partial charge in [0.1, 0.15) is 0 Å². The normalized spacial score (nSPS) is 13.7. The van der Waals surface area contributed by atoms with E-state index in [1.807, 2.05) is 0 Å². The van der Waals surface area contributed by atoms with E-state index in [4.69, 9.17) is 0 Å². The van der Waals surface area contributed by atoms with Crippen LogP contribution >= 0.6 is 0 Å². The Morgan fingerprint density at radius 3 is 1.55 bits per heavy atom. The molecule has 4 nitrogen and oxygen atoms in total. The van der Waals surface area contributed by atoms with Crippen molar-refractivity contribution in [2.24, 2.45) is 0 Å². The average molecular weight is 825 g/mol. The van der Waals surface area contributed by atoms with E-state index in [0.717, 1.165) is 57.4 Å². The summed E-state index contributed by atoms with van der Waals surface area (Å²) in [7, 11) is 0. The van der Waals surface area contributed by atoms with Gasteiger partial charge in [-0.3, -0.25) is 0 Å². The van der Waals surface area contributed by atoms with Crippen LogP contribution in [0.2, 0.25) is 0 Å². The minimum Gasteiger partial charge on any atom is -0.333 e. The Kier molecular flexibility index (Phi) is 10.1. The molecule has 1 aliphatic carbocycles. The third-order valence-corrected chi connectivity index (χ3v) is 12.7. The molecule has 0 bridgehead atoms. The van der Waals surface area contributed by atoms with Gasteiger partial charge < -0.3 is 18.9 Å². The molecule has 1 atom stereocenters. The minimum absolute atomic E-state index is 0.259. The first-order chi connectivity index (χ1) is 31.6. The quantitative estimate of drug-likeness (QED) is 0.137. The number of hydrogen-bond donors (Lipinski definition) is 0. The van der Waals surface area contributed by atoms with Crippen LogP contribution in [0.1, 0.15) is 30.6 Å². The number of rotatable bonds is 10. The number of para-hydroxylation sites is 4. The lowest BCUT2D eigenvalue weighted by atomic mass is 10.0. The molecule has 10 aromatic rings. The number of allylic oxidation sites excluding steroid dienone is 5. The third kappa shape index (κ3) is 6.90. The highest BCUT2D eigenvalue weighted by Gasteiger charge is 2.21. The summed E-state index contributed by atoms with van der Waals surface area (Å²) in [6.07, 6.45) is 14.2. The fourth-order valence-corrected chi connectivity index (χ4v) is 9.71. The molecule has 2 heterocycles. The molecule has 64 heavy (non-hydrogen) atoms. The summed E-state index contributed by atoms with van der Waals surface area (Å²) in [6, 6.07) is 72.9. The van der Waals surface area contributed by atoms with Crippen LogP contribution in [0.15, 0.2) is 231 Å². The number of fused-ring (bicyclic) bond motifs is 4. The topological polar surface area (TPSA) is 16.3 Å². The van der Waals surface area contributed by atoms with Gasteiger partial charge in [-0.2, -0.15) is 0 Å². The van der Waals surface area contributed by atoms with Gasteiger partial charge in [0.25, 0.3) is 0 Å². The van der Waals surface area contributed by atoms with Gasteiger partial charge in [0.05, 0.1) is 17.1 Å². The Balaban J connectivity index is 0.955. The third-order valence-electron chi connectivity index (χ3n) is 12.7. The van der Waals surface area contributed by atoms with E-state index in [1.54, 1.807) is 0 Å². The van der Waals surface area contributed by atoms with Crippen LogP contribution in [0, 0.1) is 6.92 Å². The molecule has 0 radical (unpaired) electrons. The van der Waals surface area contributed by atoms with Crippen molar-refractivity contribution in [2.75, 3.05) is 9.80 Å². The maximum atomic E-state index is 2.52. The van der Waals surface area contributed by atoms with Crippen molar-refractivity contribution in [1.29, 1.82) is 0 Å². The fraction of sp³-hybridized carbons (Fsp3) is 0.0667. The van der Waals surface area contributed by atoms with E-state index in [0.29, 0.717) is 0 Å². The first-order valence-corrected chi connectivity index (χ1v) is 22.2. The lowest BCUT2D eigenvalue weighted by Gasteiger charge is -2.27. The molecule has 0 N–H and O–H groups in total. The molecule has 0 saturated carbocycles. The summed E-state index contributed by atoms with van der Waals surface area (Å²) >= 11 is 0. The second kappa shape index (κ2) is 16.7. The van der Waals surface area contributed by atoms with Crippen LogP contribution in [0.3, 0.4) is 0 Å². The van der Waals surface area contributed by atoms with Gasteiger partial charge in [0, 0.05) is 67.2 Å². The highest BCUT2D eigenvalue weighted by atomic mass is 15.2. The molecule has 0 spiro atoms. The standard InChI is InChI=1S/C60H48N4/c1-3-18-57-43(2)54-39-37-52(41-59(54)63(57)48-23-12-6-13-24-48)61(46-19-8-4-9-20-46)50-33-29-44(30-34-50)45-31-35-51(36-32-45)62(47-21-10-5-11-22-47)53-38-40-56-55-27-16-17-28-58(55)64(60(56)42-53)49-25-14-7-15-26-49/h3-25,27-42,49H,26H2,1-2H3/b18-3-. The Bertz CT molecular complexity index is 3350. The van der Waals surface area contributed by atoms with Crippen molar-refractivity contribution in [3.05, 3.63) is 242 Å². The Morgan fingerprint density at radius 1 is 0.469 bits per heavy atom. The molecule has 0 saturated heterocycles. The summed E-state index contributed by atoms with van der Waals surface area (Å²) in [5.74, 6) is 0. The molecular formula is C60H48N4. The van der Waals surface area contributed by atoms with Crippen LogP contribution in [0.25, 0.3) is 55.6 Å². The zero-order valence-corrected chi connectivity index (χ0v) is 36.1. The summed E-state index contributed by atoms with van der Waals surface area (Å²) in [5, 5.41) is 3.81. The Morgan fingerprint density at radius 2 is 0.969 bits per heavy atom. The molecule has 0 amide bonds. The second-order valence-corrected chi connectivity index (χ2v) is 16.5. The van der Waals surface area contributed by atoms with Gasteiger partial charge in [-0.15, -0.1) is 0 Å². The molecule has 308 valence electrons. The summed E-state index contributed by atoms with van der Waals surface area (Å²) < 4.78 is 4.90. The molecule has 0 aliphatic heterocycles. The first-order valence-electron chi connectivity index (χ1n) is 22.2. The van der Waals surface area contributed by atoms with Crippen LogP contribution in [-0.4, -0.2) is 9.13 Å². The van der Waals surface area contributed by atoms with E-state index in [-0.39, 0.29) is 6.04 Å². The molecule has 1 aliphatic rings. The number of benzene rings is 8. The summed E-state index contributed by atoms with van der Waals surface area (Å²) in [5.41, 5.74) is 16.3. The monoisotopic (exact) mass is 824 g/mol. The van der Waals surface area contributed by atoms with Gasteiger partial charge >= 0.3 is 0 Å². The minimum atomic E-state index is 0.259. The first kappa shape index (κ1) is 38.8. The molecule has 1 unspecified atom stereocenters. The number of aryl methyl sites for hydroxylation is 1. The lowest BCUT2D eigenvalue weighted by molar-refractivity contribution is 0.648. The van der Waals surface area contributed by atoms with E-state index in [1.165, 1.54) is 44.0 Å². The van der Waals surface area contributed by atoms with Crippen molar-refractivity contribution >= 4 is 72.9 Å². The molecular weight excluding hydrogens is 777 g/mol. The number of anilines is 6. The zero-order valence-electron chi connectivity index (χ0n) is 36.1. The highest BCUT2D eigenvalue weighted by Crippen LogP contribution is 2.43. The number of hydrogen-bond acceptors (Lipinski definition) is 2. The van der Waals surface area contributed by atoms with Crippen molar-refractivity contribution in [2.45, 2.75) is 26.3 Å². The SMILES string of the molecule is C/C=C\c1c(C)c2ccc(N(c3ccccc3)c3ccc(-c4ccc(N(c5ccccc5)c5ccc6c7ccccc7n(C7C=CC=CC7)c6c5)cc4)cc3)cc2n1-c1ccccc1. The van der Waals surface area contributed by atoms with Gasteiger partial charge in [0.15, 0.2) is 0 Å². The molecule has 2 aromatic heterocycles. The van der Waals surface area contributed by atoms with Crippen molar-refractivity contribution in [3.8, 4) is 16.8 Å². The maximum Gasteiger partial charge on any atom is 0.0560 e. The highest BCUT2D eigenvalue weighted by molar-refractivity contribution is 6.09. The zero-order chi connectivity index (χ0) is 43.0. The number of aromatic nitrogens is 2. The average Bonchev–Trinajstić information content (AvgIpc) is 3.83. The van der Waals surface area contributed by atoms with Gasteiger partial charge in [-0.25, -0.2) is 0 Å². The van der Waals surface area contributed by atoms with Crippen LogP contribution in [0.4, 0.5) is 34.1 Å².